The molecular weight excluding hydrogens is 547 g/mol. The summed E-state index contributed by atoms with van der Waals surface area (Å²) in [4.78, 5) is 28.2. The van der Waals surface area contributed by atoms with Crippen LogP contribution in [0.2, 0.25) is 0 Å². The van der Waals surface area contributed by atoms with E-state index in [1.54, 1.807) is 31.2 Å². The first kappa shape index (κ1) is 27.3. The lowest BCUT2D eigenvalue weighted by Gasteiger charge is -2.25. The molecule has 0 bridgehead atoms. The Labute approximate surface area is 210 Å². The van der Waals surface area contributed by atoms with Crippen LogP contribution in [0.1, 0.15) is 39.8 Å². The second-order valence-corrected chi connectivity index (χ2v) is 10.4. The number of nitrogens with zero attached hydrogens (tertiary/aromatic N) is 2. The van der Waals surface area contributed by atoms with Gasteiger partial charge in [0.05, 0.1) is 12.7 Å². The van der Waals surface area contributed by atoms with E-state index >= 15 is 0 Å². The number of benzene rings is 1. The molecule has 2 heterocycles. The van der Waals surface area contributed by atoms with Crippen molar-refractivity contribution in [3.05, 3.63) is 51.5 Å². The Kier molecular flexibility index (Phi) is 9.45. The molecule has 0 radical (unpaired) electrons. The van der Waals surface area contributed by atoms with Gasteiger partial charge in [-0.05, 0) is 50.6 Å². The van der Waals surface area contributed by atoms with Crippen LogP contribution in [-0.2, 0) is 28.1 Å². The van der Waals surface area contributed by atoms with E-state index in [4.69, 9.17) is 29.0 Å². The molecule has 1 saturated heterocycles. The number of hydrogen-bond acceptors (Lipinski definition) is 10. The summed E-state index contributed by atoms with van der Waals surface area (Å²) in [6, 6.07) is 6.87. The molecule has 0 amide bonds. The number of esters is 1. The van der Waals surface area contributed by atoms with Gasteiger partial charge in [0.15, 0.2) is 6.23 Å². The normalized spacial score (nSPS) is 21.1. The van der Waals surface area contributed by atoms with Crippen molar-refractivity contribution in [2.45, 2.75) is 58.5 Å². The quantitative estimate of drug-likeness (QED) is 0.300. The molecule has 1 aliphatic heterocycles. The zero-order valence-electron chi connectivity index (χ0n) is 19.5. The fourth-order valence-electron chi connectivity index (χ4n) is 3.10. The first-order chi connectivity index (χ1) is 16.6. The van der Waals surface area contributed by atoms with Gasteiger partial charge in [0.1, 0.15) is 17.6 Å². The van der Waals surface area contributed by atoms with Gasteiger partial charge < -0.3 is 24.5 Å². The third-order valence-electron chi connectivity index (χ3n) is 4.79. The largest absolute Gasteiger partial charge is 0.463 e. The summed E-state index contributed by atoms with van der Waals surface area (Å²) in [5.41, 5.74) is 4.86. The first-order valence-electron chi connectivity index (χ1n) is 10.9. The Hall–Kier alpha value is -2.28. The van der Waals surface area contributed by atoms with Gasteiger partial charge in [0.25, 0.3) is 6.48 Å². The van der Waals surface area contributed by atoms with E-state index in [2.05, 4.69) is 26.0 Å². The van der Waals surface area contributed by atoms with Crippen molar-refractivity contribution in [2.24, 2.45) is 0 Å². The number of nitrogen functional groups attached to an aromatic ring is 1. The molecule has 35 heavy (non-hydrogen) atoms. The summed E-state index contributed by atoms with van der Waals surface area (Å²) in [6.45, 7) is 3.65. The van der Waals surface area contributed by atoms with Gasteiger partial charge >= 0.3 is 19.4 Å². The zero-order chi connectivity index (χ0) is 25.6. The fourth-order valence-corrected chi connectivity index (χ4v) is 4.83. The number of aromatic nitrogens is 2. The van der Waals surface area contributed by atoms with Crippen LogP contribution in [0.4, 0.5) is 5.82 Å². The molecular formula is C21H28BrN4O8P. The molecule has 1 unspecified atom stereocenters. The number of halogens is 1. The predicted molar refractivity (Wildman–Crippen MR) is 129 cm³/mol. The highest BCUT2D eigenvalue weighted by Crippen LogP contribution is 2.47. The molecule has 2 aromatic rings. The molecule has 1 aromatic heterocycles. The third kappa shape index (κ3) is 7.86. The maximum absolute atomic E-state index is 13.7. The Morgan fingerprint density at radius 3 is 2.71 bits per heavy atom. The van der Waals surface area contributed by atoms with E-state index < -0.39 is 38.2 Å². The summed E-state index contributed by atoms with van der Waals surface area (Å²) in [7, 11) is -4.25. The Bertz CT molecular complexity index is 1120. The average molecular weight is 575 g/mol. The lowest BCUT2D eigenvalue weighted by molar-refractivity contribution is -0.197. The molecule has 3 rings (SSSR count). The molecule has 0 aliphatic carbocycles. The third-order valence-corrected chi connectivity index (χ3v) is 6.92. The summed E-state index contributed by atoms with van der Waals surface area (Å²) >= 11 is 3.32. The summed E-state index contributed by atoms with van der Waals surface area (Å²) in [5, 5.41) is 2.57. The van der Waals surface area contributed by atoms with Crippen LogP contribution in [0.15, 0.2) is 45.8 Å². The first-order valence-corrected chi connectivity index (χ1v) is 13.3. The van der Waals surface area contributed by atoms with E-state index in [0.29, 0.717) is 6.42 Å². The highest BCUT2D eigenvalue weighted by molar-refractivity contribution is 9.10. The Morgan fingerprint density at radius 2 is 2.06 bits per heavy atom. The van der Waals surface area contributed by atoms with Crippen molar-refractivity contribution in [1.29, 1.82) is 0 Å². The van der Waals surface area contributed by atoms with Crippen LogP contribution in [0, 0.1) is 0 Å². The van der Waals surface area contributed by atoms with Crippen LogP contribution < -0.4 is 21.0 Å². The molecule has 1 fully saturated rings. The maximum Gasteiger partial charge on any atom is 0.463 e. The second-order valence-electron chi connectivity index (χ2n) is 7.79. The van der Waals surface area contributed by atoms with Gasteiger partial charge in [-0.2, -0.15) is 10.1 Å². The minimum atomic E-state index is -4.25. The van der Waals surface area contributed by atoms with E-state index in [0.717, 1.165) is 15.5 Å². The molecule has 1 aromatic carbocycles. The minimum Gasteiger partial charge on any atom is -0.462 e. The average Bonchev–Trinajstić information content (AvgIpc) is 3.22. The van der Waals surface area contributed by atoms with Crippen LogP contribution >= 0.6 is 23.7 Å². The van der Waals surface area contributed by atoms with Crippen molar-refractivity contribution in [1.82, 2.24) is 14.6 Å². The number of ether oxygens (including phenoxy) is 3. The van der Waals surface area contributed by atoms with Crippen molar-refractivity contribution in [3.8, 4) is 5.75 Å². The lowest BCUT2D eigenvalue weighted by Crippen LogP contribution is -2.37. The van der Waals surface area contributed by atoms with E-state index in [1.165, 1.54) is 19.2 Å². The van der Waals surface area contributed by atoms with Gasteiger partial charge in [0, 0.05) is 10.7 Å². The fraction of sp³-hybridized carbons (Fsp3) is 0.476. The SMILES string of the molecule is CCCC(C)OC(=O)[C@H](C)N[P@@](=O)(Oc1ccc(Br)cc1)O[C@H]1OC[C@@H](n2ccc(N)nc2=O)O1. The van der Waals surface area contributed by atoms with E-state index in [1.807, 2.05) is 6.92 Å². The van der Waals surface area contributed by atoms with Crippen LogP contribution in [-0.4, -0.2) is 40.7 Å². The minimum absolute atomic E-state index is 0.0590. The Morgan fingerprint density at radius 1 is 1.34 bits per heavy atom. The molecule has 3 N–H and O–H groups in total. The monoisotopic (exact) mass is 574 g/mol. The number of hydrogen-bond donors (Lipinski definition) is 2. The molecule has 14 heteroatoms. The maximum atomic E-state index is 13.7. The molecule has 0 saturated carbocycles. The van der Waals surface area contributed by atoms with Crippen molar-refractivity contribution in [3.63, 3.8) is 0 Å². The summed E-state index contributed by atoms with van der Waals surface area (Å²) in [5.74, 6) is -0.360. The lowest BCUT2D eigenvalue weighted by atomic mass is 10.2. The van der Waals surface area contributed by atoms with Crippen LogP contribution in [0.25, 0.3) is 0 Å². The van der Waals surface area contributed by atoms with Crippen molar-refractivity contribution < 1.29 is 32.6 Å². The summed E-state index contributed by atoms with van der Waals surface area (Å²) in [6.07, 6.45) is 1.71. The highest BCUT2D eigenvalue weighted by Gasteiger charge is 2.40. The standard InChI is InChI=1S/C21H28BrN4O8P/c1-4-5-13(2)31-19(27)14(3)25-35(29,33-16-8-6-15(22)7-9-16)34-21-30-12-18(32-21)26-11-10-17(23)24-20(26)28/h6-11,13-14,18,21H,4-5,12H2,1-3H3,(H,25,29)(H2,23,24,28)/t13?,14-,18-,21-,35+/m0/s1. The predicted octanol–water partition coefficient (Wildman–Crippen LogP) is 3.33. The van der Waals surface area contributed by atoms with Crippen molar-refractivity contribution >= 4 is 35.5 Å². The van der Waals surface area contributed by atoms with E-state index in [9.17, 15) is 14.2 Å². The van der Waals surface area contributed by atoms with Crippen LogP contribution in [0.3, 0.4) is 0 Å². The molecule has 1 aliphatic rings. The number of rotatable bonds is 11. The number of anilines is 1. The highest BCUT2D eigenvalue weighted by atomic mass is 79.9. The molecule has 12 nitrogen and oxygen atoms in total. The topological polar surface area (TPSA) is 153 Å². The van der Waals surface area contributed by atoms with Crippen molar-refractivity contribution in [2.75, 3.05) is 12.3 Å². The smallest absolute Gasteiger partial charge is 0.462 e. The number of carbonyl (C=O) groups excluding carboxylic acids is 1. The molecule has 0 spiro atoms. The zero-order valence-corrected chi connectivity index (χ0v) is 21.9. The van der Waals surface area contributed by atoms with Crippen LogP contribution in [0.5, 0.6) is 5.75 Å². The molecule has 5 atom stereocenters. The van der Waals surface area contributed by atoms with Gasteiger partial charge in [0.2, 0.25) is 0 Å². The van der Waals surface area contributed by atoms with Gasteiger partial charge in [-0.25, -0.2) is 13.9 Å². The van der Waals surface area contributed by atoms with E-state index in [-0.39, 0.29) is 24.3 Å². The van der Waals surface area contributed by atoms with Gasteiger partial charge in [-0.1, -0.05) is 29.3 Å². The number of nitrogens with one attached hydrogen (secondary N) is 1. The summed E-state index contributed by atoms with van der Waals surface area (Å²) < 4.78 is 43.1. The molecule has 192 valence electrons. The second kappa shape index (κ2) is 12.1. The van der Waals surface area contributed by atoms with Gasteiger partial charge in [-0.3, -0.25) is 9.36 Å². The number of nitrogens with two attached hydrogens (primary N) is 1. The Balaban J connectivity index is 1.74. The van der Waals surface area contributed by atoms with Gasteiger partial charge in [-0.15, -0.1) is 0 Å². The number of carbonyl (C=O) groups is 1.